The molecule has 178 valence electrons. The number of nitro benzene ring substituents is 1. The number of ketones is 1. The van der Waals surface area contributed by atoms with E-state index in [0.29, 0.717) is 34.5 Å². The molecule has 3 aromatic carbocycles. The number of hydrogen-bond donors (Lipinski definition) is 0. The molecular formula is C27H24IN3O4. The third kappa shape index (κ3) is 4.86. The third-order valence-electron chi connectivity index (χ3n) is 6.44. The fraction of sp³-hybridized carbons (Fsp3) is 0.222. The van der Waals surface area contributed by atoms with Crippen molar-refractivity contribution >= 4 is 45.0 Å². The van der Waals surface area contributed by atoms with E-state index in [4.69, 9.17) is 4.74 Å². The Bertz CT molecular complexity index is 1390. The highest BCUT2D eigenvalue weighted by Gasteiger charge is 2.27. The van der Waals surface area contributed by atoms with Gasteiger partial charge >= 0.3 is 0 Å². The van der Waals surface area contributed by atoms with Crippen LogP contribution in [-0.4, -0.2) is 46.0 Å². The van der Waals surface area contributed by atoms with Crippen LogP contribution in [0.3, 0.4) is 0 Å². The molecule has 1 unspecified atom stereocenters. The zero-order valence-corrected chi connectivity index (χ0v) is 21.1. The molecule has 1 fully saturated rings. The second kappa shape index (κ2) is 10.3. The molecule has 2 heterocycles. The largest absolute Gasteiger partial charge is 0.378 e. The van der Waals surface area contributed by atoms with Gasteiger partial charge in [-0.1, -0.05) is 54.6 Å². The summed E-state index contributed by atoms with van der Waals surface area (Å²) in [6, 6.07) is 23.0. The Morgan fingerprint density at radius 1 is 1.03 bits per heavy atom. The number of nitrogens with zero attached hydrogens (tertiary/aromatic N) is 3. The fourth-order valence-electron chi connectivity index (χ4n) is 4.67. The van der Waals surface area contributed by atoms with Crippen molar-refractivity contribution in [1.82, 2.24) is 9.47 Å². The van der Waals surface area contributed by atoms with E-state index >= 15 is 0 Å². The summed E-state index contributed by atoms with van der Waals surface area (Å²) in [6.45, 7) is 3.67. The molecule has 0 radical (unpaired) electrons. The molecule has 1 aliphatic rings. The Kier molecular flexibility index (Phi) is 6.94. The lowest BCUT2D eigenvalue weighted by molar-refractivity contribution is -0.385. The van der Waals surface area contributed by atoms with Crippen LogP contribution in [0, 0.1) is 13.7 Å². The smallest absolute Gasteiger partial charge is 0.283 e. The summed E-state index contributed by atoms with van der Waals surface area (Å²) in [6.07, 6.45) is 1.89. The predicted octanol–water partition coefficient (Wildman–Crippen LogP) is 5.29. The number of morpholine rings is 1. The van der Waals surface area contributed by atoms with E-state index in [1.807, 2.05) is 59.1 Å². The van der Waals surface area contributed by atoms with Gasteiger partial charge in [-0.05, 0) is 40.3 Å². The minimum atomic E-state index is -0.452. The van der Waals surface area contributed by atoms with Gasteiger partial charge in [0.15, 0.2) is 5.78 Å². The standard InChI is InChI=1S/C27H24IN3O4/c28-26-22(10-6-12-25(26)31(33)34)27(32)23-17-30(24-11-5-4-9-21(23)24)16-20-18-35-14-13-29(20)15-19-7-2-1-3-8-19/h1-12,17,20H,13-16,18H2. The molecule has 5 rings (SSSR count). The minimum Gasteiger partial charge on any atom is -0.378 e. The van der Waals surface area contributed by atoms with E-state index in [0.717, 1.165) is 24.0 Å². The Balaban J connectivity index is 1.48. The Morgan fingerprint density at radius 2 is 1.80 bits per heavy atom. The summed E-state index contributed by atoms with van der Waals surface area (Å²) < 4.78 is 8.29. The Morgan fingerprint density at radius 3 is 2.60 bits per heavy atom. The van der Waals surface area contributed by atoms with Crippen molar-refractivity contribution in [2.75, 3.05) is 19.8 Å². The molecule has 4 aromatic rings. The second-order valence-electron chi connectivity index (χ2n) is 8.62. The third-order valence-corrected chi connectivity index (χ3v) is 7.57. The number of nitro groups is 1. The highest BCUT2D eigenvalue weighted by atomic mass is 127. The van der Waals surface area contributed by atoms with Crippen LogP contribution < -0.4 is 0 Å². The van der Waals surface area contributed by atoms with Crippen LogP contribution in [0.25, 0.3) is 10.9 Å². The molecule has 35 heavy (non-hydrogen) atoms. The van der Waals surface area contributed by atoms with E-state index in [-0.39, 0.29) is 17.5 Å². The van der Waals surface area contributed by atoms with Crippen molar-refractivity contribution in [2.24, 2.45) is 0 Å². The SMILES string of the molecule is O=C(c1cccc([N+](=O)[O-])c1I)c1cn(CC2COCCN2Cc2ccccc2)c2ccccc12. The lowest BCUT2D eigenvalue weighted by Gasteiger charge is -2.36. The summed E-state index contributed by atoms with van der Waals surface area (Å²) in [7, 11) is 0. The topological polar surface area (TPSA) is 77.6 Å². The molecule has 0 saturated carbocycles. The van der Waals surface area contributed by atoms with Gasteiger partial charge in [0.25, 0.3) is 5.69 Å². The van der Waals surface area contributed by atoms with Gasteiger partial charge in [0.2, 0.25) is 0 Å². The van der Waals surface area contributed by atoms with Crippen molar-refractivity contribution in [3.8, 4) is 0 Å². The number of fused-ring (bicyclic) bond motifs is 1. The quantitative estimate of drug-likeness (QED) is 0.128. The molecule has 0 spiro atoms. The number of para-hydroxylation sites is 1. The first kappa shape index (κ1) is 23.7. The number of carbonyl (C=O) groups is 1. The molecule has 8 heteroatoms. The van der Waals surface area contributed by atoms with Crippen LogP contribution in [0.5, 0.6) is 0 Å². The van der Waals surface area contributed by atoms with Gasteiger partial charge in [-0.2, -0.15) is 0 Å². The molecular weight excluding hydrogens is 557 g/mol. The van der Waals surface area contributed by atoms with Crippen molar-refractivity contribution in [1.29, 1.82) is 0 Å². The highest BCUT2D eigenvalue weighted by molar-refractivity contribution is 14.1. The van der Waals surface area contributed by atoms with Crippen LogP contribution in [-0.2, 0) is 17.8 Å². The molecule has 0 aliphatic carbocycles. The van der Waals surface area contributed by atoms with Crippen LogP contribution in [0.15, 0.2) is 79.0 Å². The zero-order valence-electron chi connectivity index (χ0n) is 19.0. The number of carbonyl (C=O) groups excluding carboxylic acids is 1. The average molecular weight is 581 g/mol. The molecule has 1 saturated heterocycles. The van der Waals surface area contributed by atoms with Gasteiger partial charge in [-0.3, -0.25) is 19.8 Å². The van der Waals surface area contributed by atoms with E-state index in [1.165, 1.54) is 11.6 Å². The van der Waals surface area contributed by atoms with Crippen molar-refractivity contribution < 1.29 is 14.5 Å². The van der Waals surface area contributed by atoms with Crippen LogP contribution in [0.4, 0.5) is 5.69 Å². The van der Waals surface area contributed by atoms with Crippen LogP contribution >= 0.6 is 22.6 Å². The molecule has 0 N–H and O–H groups in total. The molecule has 0 amide bonds. The summed E-state index contributed by atoms with van der Waals surface area (Å²) in [4.78, 5) is 27.0. The number of aromatic nitrogens is 1. The predicted molar refractivity (Wildman–Crippen MR) is 143 cm³/mol. The minimum absolute atomic E-state index is 0.0592. The lowest BCUT2D eigenvalue weighted by atomic mass is 10.0. The lowest BCUT2D eigenvalue weighted by Crippen LogP contribution is -2.47. The van der Waals surface area contributed by atoms with Crippen molar-refractivity contribution in [3.05, 3.63) is 109 Å². The monoisotopic (exact) mass is 581 g/mol. The summed E-state index contributed by atoms with van der Waals surface area (Å²) in [5, 5.41) is 12.2. The number of hydrogen-bond acceptors (Lipinski definition) is 5. The maximum atomic E-state index is 13.6. The number of halogens is 1. The summed E-state index contributed by atoms with van der Waals surface area (Å²) in [5.74, 6) is -0.214. The molecule has 0 bridgehead atoms. The molecule has 7 nitrogen and oxygen atoms in total. The average Bonchev–Trinajstić information content (AvgIpc) is 3.24. The molecule has 1 atom stereocenters. The molecule has 1 aromatic heterocycles. The van der Waals surface area contributed by atoms with Gasteiger partial charge in [0.1, 0.15) is 3.57 Å². The number of ether oxygens (including phenoxy) is 1. The summed E-state index contributed by atoms with van der Waals surface area (Å²) in [5.41, 5.74) is 3.05. The maximum absolute atomic E-state index is 13.6. The maximum Gasteiger partial charge on any atom is 0.283 e. The van der Waals surface area contributed by atoms with E-state index in [1.54, 1.807) is 12.1 Å². The Labute approximate surface area is 216 Å². The highest BCUT2D eigenvalue weighted by Crippen LogP contribution is 2.30. The first-order valence-corrected chi connectivity index (χ1v) is 12.5. The fourth-order valence-corrected chi connectivity index (χ4v) is 5.47. The summed E-state index contributed by atoms with van der Waals surface area (Å²) >= 11 is 1.89. The first-order chi connectivity index (χ1) is 17.0. The van der Waals surface area contributed by atoms with Gasteiger partial charge in [0, 0.05) is 53.9 Å². The molecule has 1 aliphatic heterocycles. The van der Waals surface area contributed by atoms with E-state index in [9.17, 15) is 14.9 Å². The Hall–Kier alpha value is -3.08. The van der Waals surface area contributed by atoms with Gasteiger partial charge in [0.05, 0.1) is 24.2 Å². The van der Waals surface area contributed by atoms with E-state index in [2.05, 4.69) is 33.7 Å². The number of benzene rings is 3. The van der Waals surface area contributed by atoms with Crippen LogP contribution in [0.1, 0.15) is 21.5 Å². The zero-order chi connectivity index (χ0) is 24.4. The van der Waals surface area contributed by atoms with Crippen molar-refractivity contribution in [2.45, 2.75) is 19.1 Å². The van der Waals surface area contributed by atoms with E-state index < -0.39 is 4.92 Å². The van der Waals surface area contributed by atoms with Gasteiger partial charge in [-0.15, -0.1) is 0 Å². The normalized spacial score (nSPS) is 16.4. The van der Waals surface area contributed by atoms with Crippen LogP contribution in [0.2, 0.25) is 0 Å². The first-order valence-electron chi connectivity index (χ1n) is 11.4. The number of rotatable bonds is 7. The van der Waals surface area contributed by atoms with Gasteiger partial charge < -0.3 is 9.30 Å². The van der Waals surface area contributed by atoms with Gasteiger partial charge in [-0.25, -0.2) is 0 Å². The second-order valence-corrected chi connectivity index (χ2v) is 9.70. The van der Waals surface area contributed by atoms with Crippen molar-refractivity contribution in [3.63, 3.8) is 0 Å².